The summed E-state index contributed by atoms with van der Waals surface area (Å²) in [5, 5.41) is 0. The van der Waals surface area contributed by atoms with Gasteiger partial charge in [0.25, 0.3) is 0 Å². The number of benzene rings is 1. The Hall–Kier alpha value is -2.12. The number of carbonyl (C=O) groups is 2. The third kappa shape index (κ3) is 4.31. The van der Waals surface area contributed by atoms with Crippen molar-refractivity contribution in [2.75, 3.05) is 60.6 Å². The van der Waals surface area contributed by atoms with Crippen LogP contribution in [0, 0.1) is 11.8 Å². The molecule has 0 saturated carbocycles. The van der Waals surface area contributed by atoms with Gasteiger partial charge in [-0.15, -0.1) is 0 Å². The van der Waals surface area contributed by atoms with Gasteiger partial charge in [0.15, 0.2) is 0 Å². The van der Waals surface area contributed by atoms with Crippen LogP contribution in [0.4, 0.5) is 0 Å². The second-order valence-corrected chi connectivity index (χ2v) is 7.84. The molecule has 154 valence electrons. The lowest BCUT2D eigenvalue weighted by Crippen LogP contribution is -2.41. The summed E-state index contributed by atoms with van der Waals surface area (Å²) in [6, 6.07) is 7.94. The van der Waals surface area contributed by atoms with Gasteiger partial charge in [-0.1, -0.05) is 12.1 Å². The Morgan fingerprint density at radius 1 is 1.14 bits per heavy atom. The number of methoxy groups -OCH3 is 2. The fraction of sp³-hybridized carbons (Fsp3) is 0.619. The third-order valence-electron chi connectivity index (χ3n) is 5.96. The van der Waals surface area contributed by atoms with Crippen LogP contribution in [-0.4, -0.2) is 87.1 Å². The van der Waals surface area contributed by atoms with E-state index < -0.39 is 0 Å². The Morgan fingerprint density at radius 3 is 2.46 bits per heavy atom. The predicted molar refractivity (Wildman–Crippen MR) is 106 cm³/mol. The lowest BCUT2D eigenvalue weighted by Gasteiger charge is -2.29. The molecule has 0 unspecified atom stereocenters. The first-order chi connectivity index (χ1) is 13.4. The minimum absolute atomic E-state index is 0.0115. The van der Waals surface area contributed by atoms with Crippen molar-refractivity contribution in [3.63, 3.8) is 0 Å². The van der Waals surface area contributed by atoms with E-state index in [0.717, 1.165) is 24.4 Å². The number of likely N-dealkylation sites (N-methyl/N-ethyl adjacent to an activating group) is 1. The molecule has 1 aromatic rings. The van der Waals surface area contributed by atoms with E-state index in [1.165, 1.54) is 0 Å². The van der Waals surface area contributed by atoms with Crippen LogP contribution >= 0.6 is 0 Å². The molecule has 0 N–H and O–H groups in total. The predicted octanol–water partition coefficient (Wildman–Crippen LogP) is 1.25. The summed E-state index contributed by atoms with van der Waals surface area (Å²) in [6.07, 6.45) is 0. The van der Waals surface area contributed by atoms with E-state index >= 15 is 0 Å². The van der Waals surface area contributed by atoms with Crippen LogP contribution in [0.1, 0.15) is 18.5 Å². The molecule has 0 aromatic heterocycles. The lowest BCUT2D eigenvalue weighted by atomic mass is 9.89. The zero-order chi connectivity index (χ0) is 20.3. The van der Waals surface area contributed by atoms with Crippen molar-refractivity contribution in [3.8, 4) is 5.75 Å². The molecule has 28 heavy (non-hydrogen) atoms. The number of hydrogen-bond donors (Lipinski definition) is 0. The highest BCUT2D eigenvalue weighted by atomic mass is 16.5. The minimum atomic E-state index is 0.0115. The lowest BCUT2D eigenvalue weighted by molar-refractivity contribution is -0.132. The number of ether oxygens (including phenoxy) is 2. The minimum Gasteiger partial charge on any atom is -0.497 e. The monoisotopic (exact) mass is 389 g/mol. The van der Waals surface area contributed by atoms with Crippen molar-refractivity contribution in [2.45, 2.75) is 13.0 Å². The van der Waals surface area contributed by atoms with Gasteiger partial charge in [-0.05, 0) is 24.7 Å². The molecule has 3 atom stereocenters. The molecule has 0 radical (unpaired) electrons. The molecule has 7 heteroatoms. The normalized spacial score (nSPS) is 24.0. The Kier molecular flexibility index (Phi) is 6.57. The summed E-state index contributed by atoms with van der Waals surface area (Å²) in [5.74, 6) is 1.63. The maximum atomic E-state index is 12.7. The van der Waals surface area contributed by atoms with Crippen molar-refractivity contribution < 1.29 is 19.1 Å². The van der Waals surface area contributed by atoms with Crippen molar-refractivity contribution in [2.24, 2.45) is 11.8 Å². The van der Waals surface area contributed by atoms with Gasteiger partial charge in [0.05, 0.1) is 26.3 Å². The average Bonchev–Trinajstić information content (AvgIpc) is 3.24. The van der Waals surface area contributed by atoms with Crippen molar-refractivity contribution in [1.82, 2.24) is 14.7 Å². The molecule has 2 heterocycles. The van der Waals surface area contributed by atoms with Gasteiger partial charge in [0.1, 0.15) is 5.75 Å². The van der Waals surface area contributed by atoms with Crippen LogP contribution in [-0.2, 0) is 14.3 Å². The topological polar surface area (TPSA) is 62.3 Å². The standard InChI is InChI=1S/C21H31N3O4/c1-15(25)24-12-17-11-23(20(26)14-22(2)9-10-27-3)13-19(17)21(24)16-5-7-18(28-4)8-6-16/h5-8,17,19,21H,9-14H2,1-4H3/t17-,19-,21+/m1/s1. The van der Waals surface area contributed by atoms with Crippen molar-refractivity contribution >= 4 is 11.8 Å². The summed E-state index contributed by atoms with van der Waals surface area (Å²) < 4.78 is 10.3. The zero-order valence-electron chi connectivity index (χ0n) is 17.3. The fourth-order valence-corrected chi connectivity index (χ4v) is 4.46. The number of hydrogen-bond acceptors (Lipinski definition) is 5. The van der Waals surface area contributed by atoms with E-state index in [2.05, 4.69) is 0 Å². The van der Waals surface area contributed by atoms with Gasteiger partial charge < -0.3 is 19.3 Å². The molecule has 2 aliphatic rings. The van der Waals surface area contributed by atoms with E-state index in [9.17, 15) is 9.59 Å². The highest BCUT2D eigenvalue weighted by molar-refractivity contribution is 5.79. The van der Waals surface area contributed by atoms with Crippen LogP contribution in [0.2, 0.25) is 0 Å². The second-order valence-electron chi connectivity index (χ2n) is 7.84. The maximum absolute atomic E-state index is 12.7. The van der Waals surface area contributed by atoms with E-state index in [-0.39, 0.29) is 23.8 Å². The Bertz CT molecular complexity index is 693. The number of amides is 2. The average molecular weight is 389 g/mol. The molecule has 0 aliphatic carbocycles. The Morgan fingerprint density at radius 2 is 1.86 bits per heavy atom. The Labute approximate surface area is 167 Å². The first kappa shape index (κ1) is 20.6. The van der Waals surface area contributed by atoms with Gasteiger partial charge in [0, 0.05) is 52.0 Å². The van der Waals surface area contributed by atoms with Crippen LogP contribution in [0.5, 0.6) is 5.75 Å². The van der Waals surface area contributed by atoms with Crippen LogP contribution in [0.3, 0.4) is 0 Å². The van der Waals surface area contributed by atoms with Gasteiger partial charge in [0.2, 0.25) is 11.8 Å². The SMILES string of the molecule is COCCN(C)CC(=O)N1C[C@@H]2CN(C(C)=O)[C@@H](c3ccc(OC)cc3)[C@@H]2C1. The fourth-order valence-electron chi connectivity index (χ4n) is 4.46. The number of carbonyl (C=O) groups excluding carboxylic acids is 2. The molecule has 2 fully saturated rings. The highest BCUT2D eigenvalue weighted by Gasteiger charge is 2.49. The van der Waals surface area contributed by atoms with Gasteiger partial charge in [-0.25, -0.2) is 0 Å². The molecule has 1 aromatic carbocycles. The van der Waals surface area contributed by atoms with Crippen LogP contribution < -0.4 is 4.74 Å². The molecule has 2 amide bonds. The van der Waals surface area contributed by atoms with E-state index in [4.69, 9.17) is 9.47 Å². The Balaban J connectivity index is 1.71. The molecule has 2 aliphatic heterocycles. The van der Waals surface area contributed by atoms with E-state index in [1.807, 2.05) is 46.0 Å². The third-order valence-corrected chi connectivity index (χ3v) is 5.96. The number of nitrogens with zero attached hydrogens (tertiary/aromatic N) is 3. The van der Waals surface area contributed by atoms with E-state index in [0.29, 0.717) is 32.2 Å². The van der Waals surface area contributed by atoms with E-state index in [1.54, 1.807) is 21.1 Å². The second kappa shape index (κ2) is 8.92. The quantitative estimate of drug-likeness (QED) is 0.702. The first-order valence-corrected chi connectivity index (χ1v) is 9.81. The van der Waals surface area contributed by atoms with Gasteiger partial charge in [-0.2, -0.15) is 0 Å². The molecule has 7 nitrogen and oxygen atoms in total. The molecule has 0 bridgehead atoms. The first-order valence-electron chi connectivity index (χ1n) is 9.81. The zero-order valence-corrected chi connectivity index (χ0v) is 17.3. The molecular formula is C21H31N3O4. The summed E-state index contributed by atoms with van der Waals surface area (Å²) >= 11 is 0. The van der Waals surface area contributed by atoms with Crippen molar-refractivity contribution in [3.05, 3.63) is 29.8 Å². The summed E-state index contributed by atoms with van der Waals surface area (Å²) in [5.41, 5.74) is 1.11. The van der Waals surface area contributed by atoms with Crippen molar-refractivity contribution in [1.29, 1.82) is 0 Å². The number of likely N-dealkylation sites (tertiary alicyclic amines) is 2. The molecule has 2 saturated heterocycles. The van der Waals surface area contributed by atoms with Gasteiger partial charge in [-0.3, -0.25) is 14.5 Å². The number of fused-ring (bicyclic) bond motifs is 1. The highest BCUT2D eigenvalue weighted by Crippen LogP contribution is 2.45. The number of rotatable bonds is 7. The summed E-state index contributed by atoms with van der Waals surface area (Å²) in [4.78, 5) is 30.9. The van der Waals surface area contributed by atoms with Gasteiger partial charge >= 0.3 is 0 Å². The maximum Gasteiger partial charge on any atom is 0.236 e. The summed E-state index contributed by atoms with van der Waals surface area (Å²) in [7, 11) is 5.25. The largest absolute Gasteiger partial charge is 0.497 e. The van der Waals surface area contributed by atoms with Crippen LogP contribution in [0.25, 0.3) is 0 Å². The molecule has 0 spiro atoms. The van der Waals surface area contributed by atoms with Crippen LogP contribution in [0.15, 0.2) is 24.3 Å². The molecular weight excluding hydrogens is 358 g/mol. The summed E-state index contributed by atoms with van der Waals surface area (Å²) in [6.45, 7) is 5.50. The molecule has 3 rings (SSSR count). The smallest absolute Gasteiger partial charge is 0.236 e.